The third kappa shape index (κ3) is 3.03. The van der Waals surface area contributed by atoms with E-state index in [1.165, 1.54) is 0 Å². The molecule has 1 aromatic rings. The minimum atomic E-state index is -0.445. The average molecular weight is 313 g/mol. The van der Waals surface area contributed by atoms with Gasteiger partial charge in [-0.2, -0.15) is 0 Å². The number of nitrogen functional groups attached to an aromatic ring is 1. The maximum atomic E-state index is 12.1. The van der Waals surface area contributed by atoms with Crippen molar-refractivity contribution in [1.82, 2.24) is 5.32 Å². The van der Waals surface area contributed by atoms with E-state index in [0.29, 0.717) is 11.3 Å². The van der Waals surface area contributed by atoms with E-state index in [0.717, 1.165) is 30.2 Å². The van der Waals surface area contributed by atoms with Crippen LogP contribution >= 0.6 is 15.9 Å². The Kier molecular flexibility index (Phi) is 4.24. The van der Waals surface area contributed by atoms with Crippen molar-refractivity contribution in [3.8, 4) is 0 Å². The Morgan fingerprint density at radius 1 is 1.39 bits per heavy atom. The van der Waals surface area contributed by atoms with Crippen molar-refractivity contribution in [1.29, 1.82) is 0 Å². The van der Waals surface area contributed by atoms with Crippen LogP contribution in [-0.4, -0.2) is 23.2 Å². The number of nitrogens with one attached hydrogen (secondary N) is 1. The Bertz CT molecular complexity index is 451. The van der Waals surface area contributed by atoms with Gasteiger partial charge in [0.15, 0.2) is 0 Å². The van der Waals surface area contributed by atoms with E-state index < -0.39 is 6.10 Å². The largest absolute Gasteiger partial charge is 0.398 e. The Labute approximate surface area is 115 Å². The number of carbonyl (C=O) groups is 1. The molecular weight excluding hydrogens is 296 g/mol. The van der Waals surface area contributed by atoms with Crippen molar-refractivity contribution < 1.29 is 9.90 Å². The highest BCUT2D eigenvalue weighted by atomic mass is 79.9. The van der Waals surface area contributed by atoms with Crippen LogP contribution in [0.4, 0.5) is 5.69 Å². The summed E-state index contributed by atoms with van der Waals surface area (Å²) in [6.45, 7) is 0. The number of benzene rings is 1. The summed E-state index contributed by atoms with van der Waals surface area (Å²) in [7, 11) is 0. The van der Waals surface area contributed by atoms with Crippen LogP contribution < -0.4 is 11.1 Å². The van der Waals surface area contributed by atoms with E-state index in [9.17, 15) is 9.90 Å². The number of rotatable bonds is 2. The van der Waals surface area contributed by atoms with E-state index in [1.807, 2.05) is 0 Å². The first-order valence-electron chi connectivity index (χ1n) is 6.12. The van der Waals surface area contributed by atoms with Crippen molar-refractivity contribution in [3.63, 3.8) is 0 Å². The second-order valence-electron chi connectivity index (χ2n) is 4.66. The second kappa shape index (κ2) is 5.71. The van der Waals surface area contributed by atoms with Gasteiger partial charge in [-0.1, -0.05) is 28.8 Å². The molecule has 18 heavy (non-hydrogen) atoms. The molecule has 4 N–H and O–H groups in total. The zero-order valence-corrected chi connectivity index (χ0v) is 11.6. The number of anilines is 1. The molecule has 98 valence electrons. The van der Waals surface area contributed by atoms with Gasteiger partial charge in [-0.25, -0.2) is 0 Å². The Hall–Kier alpha value is -1.07. The molecule has 1 aliphatic carbocycles. The van der Waals surface area contributed by atoms with Crippen LogP contribution in [0, 0.1) is 0 Å². The lowest BCUT2D eigenvalue weighted by atomic mass is 9.92. The maximum Gasteiger partial charge on any atom is 0.253 e. The van der Waals surface area contributed by atoms with E-state index >= 15 is 0 Å². The zero-order chi connectivity index (χ0) is 13.1. The summed E-state index contributed by atoms with van der Waals surface area (Å²) in [5.74, 6) is -0.217. The molecule has 0 heterocycles. The first kappa shape index (κ1) is 13.4. The molecule has 1 saturated carbocycles. The number of hydrogen-bond acceptors (Lipinski definition) is 3. The minimum absolute atomic E-state index is 0.158. The molecular formula is C13H17BrN2O2. The molecule has 0 bridgehead atoms. The molecule has 0 aliphatic heterocycles. The molecule has 5 heteroatoms. The first-order chi connectivity index (χ1) is 8.58. The van der Waals surface area contributed by atoms with Gasteiger partial charge < -0.3 is 16.2 Å². The molecule has 1 aromatic carbocycles. The molecule has 0 saturated heterocycles. The summed E-state index contributed by atoms with van der Waals surface area (Å²) in [5.41, 5.74) is 6.70. The van der Waals surface area contributed by atoms with Gasteiger partial charge in [-0.05, 0) is 31.0 Å². The summed E-state index contributed by atoms with van der Waals surface area (Å²) in [6.07, 6.45) is 3.19. The van der Waals surface area contributed by atoms with Crippen LogP contribution in [0.3, 0.4) is 0 Å². The second-order valence-corrected chi connectivity index (χ2v) is 5.58. The van der Waals surface area contributed by atoms with Crippen molar-refractivity contribution in [3.05, 3.63) is 28.2 Å². The Morgan fingerprint density at radius 3 is 2.78 bits per heavy atom. The van der Waals surface area contributed by atoms with Crippen molar-refractivity contribution in [2.45, 2.75) is 37.8 Å². The highest BCUT2D eigenvalue weighted by Gasteiger charge is 2.25. The van der Waals surface area contributed by atoms with Crippen molar-refractivity contribution in [2.75, 3.05) is 5.73 Å². The number of aliphatic hydroxyl groups excluding tert-OH is 1. The lowest BCUT2D eigenvalue weighted by molar-refractivity contribution is 0.0718. The fourth-order valence-corrected chi connectivity index (χ4v) is 2.64. The standard InChI is InChI=1S/C13H17BrN2O2/c14-8-5-6-9(10(15)7-8)13(18)16-11-3-1-2-4-12(11)17/h5-7,11-12,17H,1-4,15H2,(H,16,18)/t11-,12-/m1/s1. The van der Waals surface area contributed by atoms with Gasteiger partial charge in [-0.3, -0.25) is 4.79 Å². The molecule has 1 amide bonds. The fourth-order valence-electron chi connectivity index (χ4n) is 2.27. The Balaban J connectivity index is 2.07. The predicted octanol–water partition coefficient (Wildman–Crippen LogP) is 2.06. The maximum absolute atomic E-state index is 12.1. The molecule has 4 nitrogen and oxygen atoms in total. The summed E-state index contributed by atoms with van der Waals surface area (Å²) < 4.78 is 0.842. The molecule has 0 unspecified atom stereocenters. The monoisotopic (exact) mass is 312 g/mol. The number of nitrogens with two attached hydrogens (primary N) is 1. The number of carbonyl (C=O) groups excluding carboxylic acids is 1. The van der Waals surface area contributed by atoms with E-state index in [1.54, 1.807) is 18.2 Å². The average Bonchev–Trinajstić information content (AvgIpc) is 2.32. The predicted molar refractivity (Wildman–Crippen MR) is 74.3 cm³/mol. The van der Waals surface area contributed by atoms with Crippen LogP contribution in [0.25, 0.3) is 0 Å². The summed E-state index contributed by atoms with van der Waals surface area (Å²) >= 11 is 3.30. The van der Waals surface area contributed by atoms with Crippen LogP contribution in [0.15, 0.2) is 22.7 Å². The molecule has 2 atom stereocenters. The SMILES string of the molecule is Nc1cc(Br)ccc1C(=O)N[C@@H]1CCCC[C@H]1O. The van der Waals surface area contributed by atoms with Gasteiger partial charge in [0.2, 0.25) is 0 Å². The minimum Gasteiger partial charge on any atom is -0.398 e. The van der Waals surface area contributed by atoms with Gasteiger partial charge in [0.05, 0.1) is 17.7 Å². The first-order valence-corrected chi connectivity index (χ1v) is 6.91. The van der Waals surface area contributed by atoms with Crippen LogP contribution in [0.5, 0.6) is 0 Å². The van der Waals surface area contributed by atoms with Gasteiger partial charge in [0, 0.05) is 10.2 Å². The summed E-state index contributed by atoms with van der Waals surface area (Å²) in [4.78, 5) is 12.1. The highest BCUT2D eigenvalue weighted by Crippen LogP contribution is 2.21. The third-order valence-corrected chi connectivity index (χ3v) is 3.80. The van der Waals surface area contributed by atoms with E-state index in [-0.39, 0.29) is 11.9 Å². The lowest BCUT2D eigenvalue weighted by Gasteiger charge is -2.28. The number of aliphatic hydroxyl groups is 1. The van der Waals surface area contributed by atoms with Crippen LogP contribution in [0.1, 0.15) is 36.0 Å². The van der Waals surface area contributed by atoms with Crippen molar-refractivity contribution in [2.24, 2.45) is 0 Å². The molecule has 0 aromatic heterocycles. The van der Waals surface area contributed by atoms with E-state index in [2.05, 4.69) is 21.2 Å². The van der Waals surface area contributed by atoms with Gasteiger partial charge >= 0.3 is 0 Å². The van der Waals surface area contributed by atoms with Gasteiger partial charge in [0.25, 0.3) is 5.91 Å². The third-order valence-electron chi connectivity index (χ3n) is 3.30. The number of amides is 1. The molecule has 0 radical (unpaired) electrons. The topological polar surface area (TPSA) is 75.4 Å². The van der Waals surface area contributed by atoms with Crippen LogP contribution in [0.2, 0.25) is 0 Å². The van der Waals surface area contributed by atoms with E-state index in [4.69, 9.17) is 5.73 Å². The molecule has 0 spiro atoms. The quantitative estimate of drug-likeness (QED) is 0.732. The fraction of sp³-hybridized carbons (Fsp3) is 0.462. The highest BCUT2D eigenvalue weighted by molar-refractivity contribution is 9.10. The zero-order valence-electron chi connectivity index (χ0n) is 10.0. The smallest absolute Gasteiger partial charge is 0.253 e. The van der Waals surface area contributed by atoms with Gasteiger partial charge in [-0.15, -0.1) is 0 Å². The van der Waals surface area contributed by atoms with Crippen molar-refractivity contribution >= 4 is 27.5 Å². The molecule has 2 rings (SSSR count). The molecule has 1 fully saturated rings. The number of hydrogen-bond donors (Lipinski definition) is 3. The summed E-state index contributed by atoms with van der Waals surface area (Å²) in [6, 6.07) is 5.01. The Morgan fingerprint density at radius 2 is 2.11 bits per heavy atom. The summed E-state index contributed by atoms with van der Waals surface area (Å²) in [5, 5.41) is 12.7. The normalized spacial score (nSPS) is 23.7. The number of halogens is 1. The van der Waals surface area contributed by atoms with Crippen LogP contribution in [-0.2, 0) is 0 Å². The van der Waals surface area contributed by atoms with Gasteiger partial charge in [0.1, 0.15) is 0 Å². The lowest BCUT2D eigenvalue weighted by Crippen LogP contribution is -2.45. The molecule has 1 aliphatic rings.